The maximum absolute atomic E-state index is 12.1. The van der Waals surface area contributed by atoms with Crippen LogP contribution in [0.25, 0.3) is 0 Å². The van der Waals surface area contributed by atoms with Crippen LogP contribution in [0.15, 0.2) is 18.2 Å². The predicted molar refractivity (Wildman–Crippen MR) is 71.8 cm³/mol. The lowest BCUT2D eigenvalue weighted by atomic mass is 10.0. The van der Waals surface area contributed by atoms with Crippen molar-refractivity contribution < 1.29 is 9.53 Å². The average Bonchev–Trinajstić information content (AvgIpc) is 2.74. The number of rotatable bonds is 3. The van der Waals surface area contributed by atoms with E-state index < -0.39 is 0 Å². The number of carbonyl (C=O) groups excluding carboxylic acids is 1. The third-order valence-corrected chi connectivity index (χ3v) is 3.51. The van der Waals surface area contributed by atoms with Gasteiger partial charge in [0, 0.05) is 18.8 Å². The van der Waals surface area contributed by atoms with Crippen molar-refractivity contribution in [3.05, 3.63) is 28.8 Å². The molecule has 1 saturated heterocycles. The van der Waals surface area contributed by atoms with E-state index in [-0.39, 0.29) is 11.5 Å². The normalized spacial score (nSPS) is 23.0. The number of anilines is 1. The first-order valence-electron chi connectivity index (χ1n) is 5.98. The largest absolute Gasteiger partial charge is 0.398 e. The molecule has 0 saturated carbocycles. The van der Waals surface area contributed by atoms with Crippen molar-refractivity contribution in [2.75, 3.05) is 18.9 Å². The second kappa shape index (κ2) is 5.16. The highest BCUT2D eigenvalue weighted by molar-refractivity contribution is 6.34. The van der Waals surface area contributed by atoms with Crippen LogP contribution in [0.1, 0.15) is 30.1 Å². The Labute approximate surface area is 111 Å². The fourth-order valence-corrected chi connectivity index (χ4v) is 2.38. The van der Waals surface area contributed by atoms with Gasteiger partial charge in [0.15, 0.2) is 0 Å². The molecule has 0 bridgehead atoms. The molecule has 1 unspecified atom stereocenters. The fraction of sp³-hybridized carbons (Fsp3) is 0.462. The van der Waals surface area contributed by atoms with Gasteiger partial charge in [-0.25, -0.2) is 0 Å². The van der Waals surface area contributed by atoms with Crippen LogP contribution in [0.4, 0.5) is 5.69 Å². The Bertz CT molecular complexity index is 436. The van der Waals surface area contributed by atoms with Gasteiger partial charge in [-0.2, -0.15) is 0 Å². The van der Waals surface area contributed by atoms with E-state index in [2.05, 4.69) is 5.32 Å². The number of carbonyl (C=O) groups is 1. The minimum Gasteiger partial charge on any atom is -0.398 e. The molecule has 1 aliphatic rings. The van der Waals surface area contributed by atoms with Gasteiger partial charge in [0.2, 0.25) is 0 Å². The fourth-order valence-electron chi connectivity index (χ4n) is 2.11. The number of halogens is 1. The van der Waals surface area contributed by atoms with Crippen LogP contribution in [0.3, 0.4) is 0 Å². The first-order chi connectivity index (χ1) is 8.52. The van der Waals surface area contributed by atoms with Gasteiger partial charge in [0.1, 0.15) is 0 Å². The molecule has 1 fully saturated rings. The standard InChI is InChI=1S/C13H17ClN2O2/c1-13(6-3-7-18-13)8-16-12(17)11-9(14)4-2-5-10(11)15/h2,4-5H,3,6-8,15H2,1H3,(H,16,17). The number of benzene rings is 1. The molecule has 0 aromatic heterocycles. The van der Waals surface area contributed by atoms with E-state index in [0.29, 0.717) is 22.8 Å². The molecule has 1 aromatic carbocycles. The summed E-state index contributed by atoms with van der Waals surface area (Å²) in [4.78, 5) is 12.1. The third kappa shape index (κ3) is 2.76. The Kier molecular flexibility index (Phi) is 3.78. The van der Waals surface area contributed by atoms with E-state index in [1.165, 1.54) is 0 Å². The second-order valence-electron chi connectivity index (χ2n) is 4.79. The van der Waals surface area contributed by atoms with Gasteiger partial charge in [0.05, 0.1) is 16.2 Å². The number of nitrogen functional groups attached to an aromatic ring is 1. The van der Waals surface area contributed by atoms with Gasteiger partial charge in [-0.15, -0.1) is 0 Å². The summed E-state index contributed by atoms with van der Waals surface area (Å²) in [6.07, 6.45) is 1.98. The Hall–Kier alpha value is -1.26. The van der Waals surface area contributed by atoms with Crippen molar-refractivity contribution in [2.24, 2.45) is 0 Å². The number of nitrogens with two attached hydrogens (primary N) is 1. The minimum atomic E-state index is -0.272. The molecule has 3 N–H and O–H groups in total. The SMILES string of the molecule is CC1(CNC(=O)c2c(N)cccc2Cl)CCCO1. The molecule has 1 aromatic rings. The zero-order chi connectivity index (χ0) is 13.2. The molecule has 4 nitrogen and oxygen atoms in total. The zero-order valence-electron chi connectivity index (χ0n) is 10.3. The lowest BCUT2D eigenvalue weighted by Gasteiger charge is -2.23. The number of hydrogen-bond acceptors (Lipinski definition) is 3. The summed E-state index contributed by atoms with van der Waals surface area (Å²) < 4.78 is 5.61. The summed E-state index contributed by atoms with van der Waals surface area (Å²) in [6, 6.07) is 5.03. The third-order valence-electron chi connectivity index (χ3n) is 3.20. The van der Waals surface area contributed by atoms with Crippen molar-refractivity contribution in [1.82, 2.24) is 5.32 Å². The Morgan fingerprint density at radius 2 is 2.39 bits per heavy atom. The van der Waals surface area contributed by atoms with Crippen LogP contribution < -0.4 is 11.1 Å². The van der Waals surface area contributed by atoms with E-state index in [4.69, 9.17) is 22.1 Å². The van der Waals surface area contributed by atoms with E-state index in [1.54, 1.807) is 18.2 Å². The topological polar surface area (TPSA) is 64.4 Å². The Morgan fingerprint density at radius 1 is 1.61 bits per heavy atom. The second-order valence-corrected chi connectivity index (χ2v) is 5.20. The monoisotopic (exact) mass is 268 g/mol. The van der Waals surface area contributed by atoms with Crippen LogP contribution in [-0.2, 0) is 4.74 Å². The van der Waals surface area contributed by atoms with Crippen LogP contribution in [0, 0.1) is 0 Å². The van der Waals surface area contributed by atoms with Crippen molar-refractivity contribution in [3.63, 3.8) is 0 Å². The molecule has 1 amide bonds. The number of hydrogen-bond donors (Lipinski definition) is 2. The quantitative estimate of drug-likeness (QED) is 0.826. The lowest BCUT2D eigenvalue weighted by molar-refractivity contribution is 0.0206. The van der Waals surface area contributed by atoms with E-state index in [9.17, 15) is 4.79 Å². The Balaban J connectivity index is 2.04. The zero-order valence-corrected chi connectivity index (χ0v) is 11.1. The van der Waals surface area contributed by atoms with E-state index in [1.807, 2.05) is 6.92 Å². The lowest BCUT2D eigenvalue weighted by Crippen LogP contribution is -2.40. The molecular weight excluding hydrogens is 252 g/mol. The predicted octanol–water partition coefficient (Wildman–Crippen LogP) is 2.22. The average molecular weight is 269 g/mol. The van der Waals surface area contributed by atoms with Gasteiger partial charge in [-0.05, 0) is 31.9 Å². The van der Waals surface area contributed by atoms with Crippen molar-refractivity contribution >= 4 is 23.2 Å². The number of ether oxygens (including phenoxy) is 1. The van der Waals surface area contributed by atoms with Gasteiger partial charge in [-0.3, -0.25) is 4.79 Å². The molecule has 0 aliphatic carbocycles. The Morgan fingerprint density at radius 3 is 3.00 bits per heavy atom. The molecule has 98 valence electrons. The van der Waals surface area contributed by atoms with Gasteiger partial charge >= 0.3 is 0 Å². The summed E-state index contributed by atoms with van der Waals surface area (Å²) in [5.74, 6) is -0.255. The molecule has 2 rings (SSSR count). The van der Waals surface area contributed by atoms with Crippen LogP contribution in [0.5, 0.6) is 0 Å². The van der Waals surface area contributed by atoms with E-state index in [0.717, 1.165) is 19.4 Å². The molecule has 1 heterocycles. The van der Waals surface area contributed by atoms with E-state index >= 15 is 0 Å². The maximum Gasteiger partial charge on any atom is 0.254 e. The molecule has 0 spiro atoms. The summed E-state index contributed by atoms with van der Waals surface area (Å²) in [5, 5.41) is 3.20. The van der Waals surface area contributed by atoms with Crippen molar-refractivity contribution in [3.8, 4) is 0 Å². The summed E-state index contributed by atoms with van der Waals surface area (Å²) >= 11 is 5.98. The highest BCUT2D eigenvalue weighted by Gasteiger charge is 2.30. The molecular formula is C13H17ClN2O2. The van der Waals surface area contributed by atoms with Gasteiger partial charge in [0.25, 0.3) is 5.91 Å². The van der Waals surface area contributed by atoms with Gasteiger partial charge in [-0.1, -0.05) is 17.7 Å². The highest BCUT2D eigenvalue weighted by Crippen LogP contribution is 2.25. The minimum absolute atomic E-state index is 0.255. The van der Waals surface area contributed by atoms with Crippen LogP contribution in [0.2, 0.25) is 5.02 Å². The van der Waals surface area contributed by atoms with Gasteiger partial charge < -0.3 is 15.8 Å². The molecule has 1 atom stereocenters. The number of amides is 1. The molecule has 5 heteroatoms. The summed E-state index contributed by atoms with van der Waals surface area (Å²) in [7, 11) is 0. The smallest absolute Gasteiger partial charge is 0.254 e. The summed E-state index contributed by atoms with van der Waals surface area (Å²) in [5.41, 5.74) is 6.21. The highest BCUT2D eigenvalue weighted by atomic mass is 35.5. The van der Waals surface area contributed by atoms with Crippen LogP contribution >= 0.6 is 11.6 Å². The first kappa shape index (κ1) is 13.2. The van der Waals surface area contributed by atoms with Crippen LogP contribution in [-0.4, -0.2) is 24.7 Å². The molecule has 1 aliphatic heterocycles. The molecule has 18 heavy (non-hydrogen) atoms. The van der Waals surface area contributed by atoms with Crippen molar-refractivity contribution in [2.45, 2.75) is 25.4 Å². The van der Waals surface area contributed by atoms with Crippen molar-refractivity contribution in [1.29, 1.82) is 0 Å². The summed E-state index contributed by atoms with van der Waals surface area (Å²) in [6.45, 7) is 3.22. The maximum atomic E-state index is 12.1. The number of nitrogens with one attached hydrogen (secondary N) is 1. The first-order valence-corrected chi connectivity index (χ1v) is 6.36. The molecule has 0 radical (unpaired) electrons.